The quantitative estimate of drug-likeness (QED) is 0.0619. The van der Waals surface area contributed by atoms with Crippen LogP contribution in [0.3, 0.4) is 0 Å². The minimum absolute atomic E-state index is 0.0658. The molecule has 23 heteroatoms. The van der Waals surface area contributed by atoms with E-state index in [1.807, 2.05) is 0 Å². The lowest BCUT2D eigenvalue weighted by molar-refractivity contribution is -0.894. The second-order valence-corrected chi connectivity index (χ2v) is 13.6. The van der Waals surface area contributed by atoms with E-state index in [1.165, 1.54) is 30.5 Å². The number of ether oxygens (including phenoxy) is 1. The van der Waals surface area contributed by atoms with Crippen LogP contribution in [0.1, 0.15) is 39.5 Å². The van der Waals surface area contributed by atoms with Gasteiger partial charge in [-0.3, -0.25) is 13.7 Å². The second-order valence-electron chi connectivity index (χ2n) is 10.6. The number of nitrogen functional groups attached to an aromatic ring is 1. The van der Waals surface area contributed by atoms with E-state index in [0.717, 1.165) is 4.57 Å². The Morgan fingerprint density at radius 3 is 2.29 bits per heavy atom. The summed E-state index contributed by atoms with van der Waals surface area (Å²) < 4.78 is 45.3. The van der Waals surface area contributed by atoms with E-state index in [9.17, 15) is 39.3 Å². The molecule has 21 nitrogen and oxygen atoms in total. The number of rotatable bonds is 4. The van der Waals surface area contributed by atoms with E-state index in [4.69, 9.17) is 16.0 Å². The summed E-state index contributed by atoms with van der Waals surface area (Å²) in [5, 5.41) is 45.6. The van der Waals surface area contributed by atoms with Gasteiger partial charge in [0.1, 0.15) is 30.5 Å². The zero-order chi connectivity index (χ0) is 33.3. The lowest BCUT2D eigenvalue weighted by Gasteiger charge is -2.32. The van der Waals surface area contributed by atoms with Crippen LogP contribution in [-0.4, -0.2) is 98.3 Å². The molecule has 8 bridgehead atoms. The summed E-state index contributed by atoms with van der Waals surface area (Å²) in [4.78, 5) is 37.0. The van der Waals surface area contributed by atoms with Crippen LogP contribution >= 0.6 is 15.6 Å². The number of hydrogen-bond acceptors (Lipinski definition) is 16. The van der Waals surface area contributed by atoms with Crippen LogP contribution in [0.5, 0.6) is 0 Å². The molecule has 4 aliphatic rings. The molecule has 2 fully saturated rings. The van der Waals surface area contributed by atoms with E-state index in [-0.39, 0.29) is 23.4 Å². The Bertz CT molecular complexity index is 1500. The summed E-state index contributed by atoms with van der Waals surface area (Å²) in [6.45, 7) is 8.73. The maximum Gasteiger partial charge on any atom is 0.274 e. The molecule has 3 aliphatic heterocycles. The highest BCUT2D eigenvalue weighted by atomic mass is 31.3. The number of anilines is 1. The number of nitrogens with zero attached hydrogens (tertiary/aromatic N) is 7. The maximum absolute atomic E-state index is 12.1. The Morgan fingerprint density at radius 2 is 1.71 bits per heavy atom. The van der Waals surface area contributed by atoms with Gasteiger partial charge >= 0.3 is 0 Å². The molecule has 0 spiro atoms. The number of azide groups is 1. The predicted molar refractivity (Wildman–Crippen MR) is 147 cm³/mol. The van der Waals surface area contributed by atoms with Gasteiger partial charge in [0.05, 0.1) is 39.0 Å². The number of aliphatic hydroxyl groups excluding tert-OH is 4. The molecule has 1 saturated heterocycles. The highest BCUT2D eigenvalue weighted by Crippen LogP contribution is 2.56. The molecule has 0 aromatic carbocycles. The van der Waals surface area contributed by atoms with Crippen LogP contribution in [0.15, 0.2) is 11.4 Å². The van der Waals surface area contributed by atoms with Crippen molar-refractivity contribution in [3.8, 4) is 0 Å². The van der Waals surface area contributed by atoms with E-state index in [1.54, 1.807) is 4.90 Å². The van der Waals surface area contributed by atoms with Gasteiger partial charge in [-0.1, -0.05) is 4.98 Å². The number of nitrogens with one attached hydrogen (secondary N) is 1. The second kappa shape index (κ2) is 14.2. The van der Waals surface area contributed by atoms with Crippen LogP contribution in [0.2, 0.25) is 0 Å². The van der Waals surface area contributed by atoms with E-state index in [2.05, 4.69) is 54.1 Å². The number of fused-ring (bicyclic) bond motifs is 7. The van der Waals surface area contributed by atoms with Gasteiger partial charge in [-0.15, -0.1) is 0 Å². The van der Waals surface area contributed by atoms with Crippen LogP contribution < -0.4 is 25.0 Å². The summed E-state index contributed by atoms with van der Waals surface area (Å²) >= 11 is 0. The molecule has 0 radical (unpaired) electrons. The third kappa shape index (κ3) is 7.48. The van der Waals surface area contributed by atoms with Gasteiger partial charge < -0.3 is 54.6 Å². The maximum atomic E-state index is 12.1. The molecule has 1 saturated carbocycles. The number of quaternary nitrogens is 1. The van der Waals surface area contributed by atoms with Crippen LogP contribution in [-0.2, 0) is 27.2 Å². The molecule has 2 aromatic heterocycles. The number of aromatic nitrogens is 4. The van der Waals surface area contributed by atoms with Gasteiger partial charge in [0, 0.05) is 10.8 Å². The summed E-state index contributed by atoms with van der Waals surface area (Å²) in [6.07, 6.45) is -8.56. The minimum atomic E-state index is -5.60. The molecule has 7 N–H and O–H groups in total. The first-order valence-corrected chi connectivity index (χ1v) is 17.1. The third-order valence-electron chi connectivity index (χ3n) is 8.09. The van der Waals surface area contributed by atoms with Crippen LogP contribution in [0.25, 0.3) is 21.6 Å². The average molecular weight is 682 g/mol. The summed E-state index contributed by atoms with van der Waals surface area (Å²) in [7, 11) is -11.1. The molecule has 1 aliphatic carbocycles. The molecule has 6 rings (SSSR count). The first-order valence-electron chi connectivity index (χ1n) is 14.1. The lowest BCUT2D eigenvalue weighted by Crippen LogP contribution is -3.11. The first-order chi connectivity index (χ1) is 21.2. The van der Waals surface area contributed by atoms with Crippen molar-refractivity contribution < 1.29 is 66.9 Å². The average Bonchev–Trinajstić information content (AvgIpc) is 3.58. The molecule has 0 amide bonds. The Hall–Kier alpha value is -2.32. The molecule has 5 heterocycles. The number of nitrogens with two attached hydrogens (primary N) is 1. The number of hydrogen-bond donors (Lipinski definition) is 6. The van der Waals surface area contributed by atoms with E-state index >= 15 is 0 Å². The van der Waals surface area contributed by atoms with Crippen molar-refractivity contribution in [2.24, 2.45) is 11.0 Å². The minimum Gasteiger partial charge on any atom is -0.756 e. The predicted octanol–water partition coefficient (Wildman–Crippen LogP) is -2.92. The van der Waals surface area contributed by atoms with Crippen LogP contribution in [0.4, 0.5) is 11.8 Å². The SMILES string of the molecule is CC[NH+](CC)CC.[N-]=[N+]=Nc1nc2c(N)[n+]3cnc2n1[C@@H]1O[C@H](COP(=O)([O-])OP(=O)([O-])OC[C@H]2C[C@@H]3[C@H](O)[C@@H]2O)[C@@H](O)[C@H]1O. The van der Waals surface area contributed by atoms with Crippen molar-refractivity contribution in [1.82, 2.24) is 14.5 Å². The van der Waals surface area contributed by atoms with Crippen molar-refractivity contribution in [2.75, 3.05) is 38.6 Å². The van der Waals surface area contributed by atoms with Crippen molar-refractivity contribution in [3.05, 3.63) is 16.8 Å². The Balaban J connectivity index is 0.000000591. The number of aliphatic hydroxyl groups is 4. The van der Waals surface area contributed by atoms with Crippen molar-refractivity contribution in [1.29, 1.82) is 0 Å². The summed E-state index contributed by atoms with van der Waals surface area (Å²) in [6, 6.07) is -0.970. The Morgan fingerprint density at radius 1 is 1.09 bits per heavy atom. The highest BCUT2D eigenvalue weighted by molar-refractivity contribution is 7.59. The van der Waals surface area contributed by atoms with Gasteiger partial charge in [0.15, 0.2) is 11.7 Å². The third-order valence-corrected chi connectivity index (χ3v) is 10.6. The molecule has 10 atom stereocenters. The fourth-order valence-electron chi connectivity index (χ4n) is 5.51. The molecule has 2 aromatic rings. The van der Waals surface area contributed by atoms with Gasteiger partial charge in [-0.05, 0) is 37.8 Å². The molecule has 2 unspecified atom stereocenters. The Kier molecular flexibility index (Phi) is 11.2. The van der Waals surface area contributed by atoms with E-state index in [0.29, 0.717) is 0 Å². The lowest BCUT2D eigenvalue weighted by atomic mass is 10.1. The summed E-state index contributed by atoms with van der Waals surface area (Å²) in [5.41, 5.74) is 15.2. The monoisotopic (exact) mass is 681 g/mol. The molecule has 45 heavy (non-hydrogen) atoms. The van der Waals surface area contributed by atoms with Gasteiger partial charge in [0.2, 0.25) is 17.9 Å². The smallest absolute Gasteiger partial charge is 0.274 e. The van der Waals surface area contributed by atoms with Gasteiger partial charge in [0.25, 0.3) is 21.5 Å². The topological polar surface area (TPSA) is 312 Å². The molecular formula is C22H37N9O12P2. The zero-order valence-corrected chi connectivity index (χ0v) is 26.4. The number of phosphoric acid groups is 2. The fourth-order valence-corrected chi connectivity index (χ4v) is 7.57. The zero-order valence-electron chi connectivity index (χ0n) is 24.6. The number of phosphoric ester groups is 2. The van der Waals surface area contributed by atoms with Crippen molar-refractivity contribution in [3.63, 3.8) is 0 Å². The van der Waals surface area contributed by atoms with E-state index < -0.39 is 83.5 Å². The largest absolute Gasteiger partial charge is 0.756 e. The van der Waals surface area contributed by atoms with Crippen LogP contribution in [0, 0.1) is 5.92 Å². The fraction of sp³-hybridized carbons (Fsp3) is 0.773. The van der Waals surface area contributed by atoms with Gasteiger partial charge in [-0.25, -0.2) is 13.9 Å². The normalized spacial score (nSPS) is 36.8. The van der Waals surface area contributed by atoms with Crippen molar-refractivity contribution in [2.45, 2.75) is 70.0 Å². The molecule has 252 valence electrons. The van der Waals surface area contributed by atoms with Gasteiger partial charge in [-0.2, -0.15) is 0 Å². The molecular weight excluding hydrogens is 644 g/mol. The summed E-state index contributed by atoms with van der Waals surface area (Å²) in [5.74, 6) is -1.51. The first kappa shape index (κ1) is 35.5. The number of imidazole rings is 1. The highest BCUT2D eigenvalue weighted by Gasteiger charge is 2.48. The standard InChI is InChI=1S/C16H22N8O12P2.C6H15N/c17-13-8-14-19-4-23(13)6-1-5(9(25)10(6)26)2-33-37(29,30)36-38(31,32)34-3-7-11(27)12(28)15(35-7)24(14)16(20-8)21-22-18;1-4-7(5-2)6-3/h4-7,9-12,15,17,25-28H,1-3H2,(H2,29,30,31,32);4-6H2,1-3H3/t5-,6-,7-,9-,10+,11-,12-,15-;/m1./s1. The Labute approximate surface area is 256 Å². The van der Waals surface area contributed by atoms with Crippen molar-refractivity contribution >= 4 is 38.6 Å².